The first-order valence-corrected chi connectivity index (χ1v) is 7.54. The second kappa shape index (κ2) is 6.64. The lowest BCUT2D eigenvalue weighted by Crippen LogP contribution is -2.47. The molecule has 2 aromatic heterocycles. The third-order valence-electron chi connectivity index (χ3n) is 3.74. The van der Waals surface area contributed by atoms with Crippen LogP contribution < -0.4 is 19.4 Å². The molecule has 122 valence electrons. The summed E-state index contributed by atoms with van der Waals surface area (Å²) in [6, 6.07) is 3.70. The van der Waals surface area contributed by atoms with Gasteiger partial charge in [-0.2, -0.15) is 9.97 Å². The van der Waals surface area contributed by atoms with Crippen molar-refractivity contribution in [1.29, 1.82) is 0 Å². The molecular weight excluding hydrogens is 294 g/mol. The van der Waals surface area contributed by atoms with Crippen LogP contribution in [0, 0.1) is 0 Å². The van der Waals surface area contributed by atoms with Crippen molar-refractivity contribution in [3.8, 4) is 5.88 Å². The van der Waals surface area contributed by atoms with Crippen molar-refractivity contribution in [3.05, 3.63) is 24.5 Å². The van der Waals surface area contributed by atoms with Gasteiger partial charge in [0.15, 0.2) is 0 Å². The van der Waals surface area contributed by atoms with Gasteiger partial charge in [-0.15, -0.1) is 0 Å². The predicted molar refractivity (Wildman–Crippen MR) is 89.4 cm³/mol. The minimum atomic E-state index is 0.587. The maximum atomic E-state index is 5.16. The third kappa shape index (κ3) is 3.41. The smallest absolute Gasteiger partial charge is 0.228 e. The summed E-state index contributed by atoms with van der Waals surface area (Å²) in [4.78, 5) is 23.9. The molecule has 1 aliphatic heterocycles. The SMILES string of the molecule is COc1ccnc(N2CCN(c3ccnc(N(C)C)n3)CC2)n1. The Morgan fingerprint density at radius 1 is 0.957 bits per heavy atom. The molecule has 0 bridgehead atoms. The molecule has 3 heterocycles. The van der Waals surface area contributed by atoms with Crippen molar-refractivity contribution in [2.75, 3.05) is 62.1 Å². The Hall–Kier alpha value is -2.64. The Kier molecular flexibility index (Phi) is 4.40. The molecule has 0 amide bonds. The minimum Gasteiger partial charge on any atom is -0.481 e. The van der Waals surface area contributed by atoms with Crippen molar-refractivity contribution < 1.29 is 4.74 Å². The summed E-state index contributed by atoms with van der Waals surface area (Å²) in [6.07, 6.45) is 3.52. The van der Waals surface area contributed by atoms with Gasteiger partial charge in [0.25, 0.3) is 0 Å². The number of nitrogens with zero attached hydrogens (tertiary/aromatic N) is 7. The maximum Gasteiger partial charge on any atom is 0.228 e. The third-order valence-corrected chi connectivity index (χ3v) is 3.74. The Balaban J connectivity index is 1.67. The van der Waals surface area contributed by atoms with Gasteiger partial charge in [-0.3, -0.25) is 0 Å². The number of piperazine rings is 1. The van der Waals surface area contributed by atoms with E-state index in [4.69, 9.17) is 4.74 Å². The van der Waals surface area contributed by atoms with E-state index in [1.165, 1.54) is 0 Å². The molecule has 3 rings (SSSR count). The van der Waals surface area contributed by atoms with Crippen LogP contribution in [0.1, 0.15) is 0 Å². The zero-order chi connectivity index (χ0) is 16.2. The van der Waals surface area contributed by atoms with E-state index in [0.717, 1.165) is 37.9 Å². The van der Waals surface area contributed by atoms with E-state index in [2.05, 4.69) is 29.7 Å². The van der Waals surface area contributed by atoms with Crippen LogP contribution >= 0.6 is 0 Å². The highest BCUT2D eigenvalue weighted by atomic mass is 16.5. The standard InChI is InChI=1S/C15H21N7O/c1-20(2)14-16-6-4-12(18-14)21-8-10-22(11-9-21)15-17-7-5-13(19-15)23-3/h4-7H,8-11H2,1-3H3. The van der Waals surface area contributed by atoms with Gasteiger partial charge in [0.2, 0.25) is 17.8 Å². The highest BCUT2D eigenvalue weighted by Gasteiger charge is 2.20. The molecule has 0 aliphatic carbocycles. The van der Waals surface area contributed by atoms with Gasteiger partial charge in [-0.1, -0.05) is 0 Å². The summed E-state index contributed by atoms with van der Waals surface area (Å²) >= 11 is 0. The summed E-state index contributed by atoms with van der Waals surface area (Å²) in [5.74, 6) is 2.97. The van der Waals surface area contributed by atoms with Gasteiger partial charge in [0.1, 0.15) is 5.82 Å². The lowest BCUT2D eigenvalue weighted by atomic mass is 10.3. The average molecular weight is 315 g/mol. The molecule has 0 aromatic carbocycles. The largest absolute Gasteiger partial charge is 0.481 e. The highest BCUT2D eigenvalue weighted by molar-refractivity contribution is 5.45. The molecule has 0 spiro atoms. The van der Waals surface area contributed by atoms with E-state index >= 15 is 0 Å². The van der Waals surface area contributed by atoms with Crippen LogP contribution in [-0.4, -0.2) is 67.3 Å². The molecule has 1 fully saturated rings. The first kappa shape index (κ1) is 15.3. The Morgan fingerprint density at radius 2 is 1.65 bits per heavy atom. The van der Waals surface area contributed by atoms with Gasteiger partial charge < -0.3 is 19.4 Å². The van der Waals surface area contributed by atoms with E-state index in [1.807, 2.05) is 25.1 Å². The Morgan fingerprint density at radius 3 is 2.35 bits per heavy atom. The zero-order valence-electron chi connectivity index (χ0n) is 13.7. The van der Waals surface area contributed by atoms with Crippen molar-refractivity contribution in [1.82, 2.24) is 19.9 Å². The summed E-state index contributed by atoms with van der Waals surface area (Å²) in [6.45, 7) is 3.41. The van der Waals surface area contributed by atoms with Gasteiger partial charge in [-0.25, -0.2) is 9.97 Å². The normalized spacial score (nSPS) is 14.7. The van der Waals surface area contributed by atoms with Crippen molar-refractivity contribution >= 4 is 17.7 Å². The van der Waals surface area contributed by atoms with Crippen LogP contribution in [0.4, 0.5) is 17.7 Å². The van der Waals surface area contributed by atoms with Gasteiger partial charge in [0.05, 0.1) is 7.11 Å². The van der Waals surface area contributed by atoms with Crippen molar-refractivity contribution in [3.63, 3.8) is 0 Å². The van der Waals surface area contributed by atoms with Gasteiger partial charge >= 0.3 is 0 Å². The molecule has 1 saturated heterocycles. The quantitative estimate of drug-likeness (QED) is 0.815. The average Bonchev–Trinajstić information content (AvgIpc) is 2.62. The van der Waals surface area contributed by atoms with Crippen LogP contribution in [0.25, 0.3) is 0 Å². The number of hydrogen-bond donors (Lipinski definition) is 0. The molecule has 0 radical (unpaired) electrons. The minimum absolute atomic E-state index is 0.587. The predicted octanol–water partition coefficient (Wildman–Crippen LogP) is 0.668. The molecule has 0 saturated carbocycles. The van der Waals surface area contributed by atoms with Crippen molar-refractivity contribution in [2.24, 2.45) is 0 Å². The van der Waals surface area contributed by atoms with Crippen LogP contribution in [-0.2, 0) is 0 Å². The lowest BCUT2D eigenvalue weighted by Gasteiger charge is -2.35. The second-order valence-electron chi connectivity index (χ2n) is 5.48. The van der Waals surface area contributed by atoms with E-state index in [9.17, 15) is 0 Å². The van der Waals surface area contributed by atoms with Crippen LogP contribution in [0.5, 0.6) is 5.88 Å². The van der Waals surface area contributed by atoms with Gasteiger partial charge in [0, 0.05) is 58.7 Å². The topological polar surface area (TPSA) is 70.5 Å². The zero-order valence-corrected chi connectivity index (χ0v) is 13.7. The molecular formula is C15H21N7O. The molecule has 0 N–H and O–H groups in total. The number of aromatic nitrogens is 4. The molecule has 0 unspecified atom stereocenters. The van der Waals surface area contributed by atoms with Crippen LogP contribution in [0.3, 0.4) is 0 Å². The maximum absolute atomic E-state index is 5.16. The van der Waals surface area contributed by atoms with Crippen LogP contribution in [0.15, 0.2) is 24.5 Å². The second-order valence-corrected chi connectivity index (χ2v) is 5.48. The molecule has 2 aromatic rings. The highest BCUT2D eigenvalue weighted by Crippen LogP contribution is 2.18. The fraction of sp³-hybridized carbons (Fsp3) is 0.467. The van der Waals surface area contributed by atoms with E-state index in [0.29, 0.717) is 11.8 Å². The Bertz CT molecular complexity index is 656. The first-order chi connectivity index (χ1) is 11.2. The fourth-order valence-corrected chi connectivity index (χ4v) is 2.46. The number of rotatable bonds is 4. The molecule has 0 atom stereocenters. The number of ether oxygens (including phenoxy) is 1. The summed E-state index contributed by atoms with van der Waals surface area (Å²) < 4.78 is 5.16. The number of anilines is 3. The number of hydrogen-bond acceptors (Lipinski definition) is 8. The molecule has 8 nitrogen and oxygen atoms in total. The fourth-order valence-electron chi connectivity index (χ4n) is 2.46. The van der Waals surface area contributed by atoms with Gasteiger partial charge in [-0.05, 0) is 6.07 Å². The van der Waals surface area contributed by atoms with E-state index in [1.54, 1.807) is 25.6 Å². The summed E-state index contributed by atoms with van der Waals surface area (Å²) in [5.41, 5.74) is 0. The van der Waals surface area contributed by atoms with E-state index < -0.39 is 0 Å². The molecule has 8 heteroatoms. The summed E-state index contributed by atoms with van der Waals surface area (Å²) in [5, 5.41) is 0. The molecule has 23 heavy (non-hydrogen) atoms. The monoisotopic (exact) mass is 315 g/mol. The van der Waals surface area contributed by atoms with E-state index in [-0.39, 0.29) is 0 Å². The van der Waals surface area contributed by atoms with Crippen molar-refractivity contribution in [2.45, 2.75) is 0 Å². The number of methoxy groups -OCH3 is 1. The summed E-state index contributed by atoms with van der Waals surface area (Å²) in [7, 11) is 5.50. The van der Waals surface area contributed by atoms with Crippen LogP contribution in [0.2, 0.25) is 0 Å². The lowest BCUT2D eigenvalue weighted by molar-refractivity contribution is 0.396. The first-order valence-electron chi connectivity index (χ1n) is 7.54. The Labute approximate surface area is 135 Å². The molecule has 1 aliphatic rings.